The highest BCUT2D eigenvalue weighted by molar-refractivity contribution is 4.67. The van der Waals surface area contributed by atoms with E-state index in [0.29, 0.717) is 84.9 Å². The van der Waals surface area contributed by atoms with Gasteiger partial charge in [-0.3, -0.25) is 0 Å². The molecule has 2 fully saturated rings. The zero-order valence-electron chi connectivity index (χ0n) is 16.0. The minimum atomic E-state index is 0.318. The van der Waals surface area contributed by atoms with Gasteiger partial charge in [0.1, 0.15) is 6.10 Å². The molecule has 7 heteroatoms. The van der Waals surface area contributed by atoms with Gasteiger partial charge in [-0.2, -0.15) is 0 Å². The number of epoxide rings is 1. The molecule has 0 aromatic carbocycles. The van der Waals surface area contributed by atoms with Crippen LogP contribution in [0.4, 0.5) is 0 Å². The van der Waals surface area contributed by atoms with Crippen molar-refractivity contribution in [1.29, 1.82) is 0 Å². The monoisotopic (exact) mass is 376 g/mol. The van der Waals surface area contributed by atoms with Gasteiger partial charge in [0.25, 0.3) is 0 Å². The summed E-state index contributed by atoms with van der Waals surface area (Å²) in [4.78, 5) is 0. The summed E-state index contributed by atoms with van der Waals surface area (Å²) in [6.45, 7) is 7.52. The lowest BCUT2D eigenvalue weighted by atomic mass is 9.98. The Morgan fingerprint density at radius 2 is 1.04 bits per heavy atom. The minimum Gasteiger partial charge on any atom is -0.377 e. The quantitative estimate of drug-likeness (QED) is 0.267. The first-order valence-corrected chi connectivity index (χ1v) is 10.1. The molecule has 1 unspecified atom stereocenters. The molecule has 0 radical (unpaired) electrons. The summed E-state index contributed by atoms with van der Waals surface area (Å²) in [6.07, 6.45) is 7.15. The highest BCUT2D eigenvalue weighted by Gasteiger charge is 2.21. The van der Waals surface area contributed by atoms with Gasteiger partial charge < -0.3 is 33.2 Å². The molecule has 1 atom stereocenters. The lowest BCUT2D eigenvalue weighted by molar-refractivity contribution is -0.0310. The molecule has 7 nitrogen and oxygen atoms in total. The molecule has 1 aliphatic heterocycles. The maximum atomic E-state index is 5.80. The summed E-state index contributed by atoms with van der Waals surface area (Å²) in [6, 6.07) is 0. The zero-order chi connectivity index (χ0) is 18.1. The first kappa shape index (κ1) is 22.0. The van der Waals surface area contributed by atoms with E-state index in [4.69, 9.17) is 33.2 Å². The van der Waals surface area contributed by atoms with Crippen molar-refractivity contribution >= 4 is 0 Å². The largest absolute Gasteiger partial charge is 0.377 e. The molecule has 0 aromatic rings. The number of rotatable bonds is 18. The Hall–Kier alpha value is -0.280. The van der Waals surface area contributed by atoms with Crippen molar-refractivity contribution < 1.29 is 33.2 Å². The van der Waals surface area contributed by atoms with E-state index in [1.54, 1.807) is 0 Å². The van der Waals surface area contributed by atoms with E-state index in [0.717, 1.165) is 6.61 Å². The van der Waals surface area contributed by atoms with Crippen molar-refractivity contribution in [3.63, 3.8) is 0 Å². The second kappa shape index (κ2) is 15.7. The maximum Gasteiger partial charge on any atom is 0.104 e. The summed E-state index contributed by atoms with van der Waals surface area (Å²) in [5.41, 5.74) is 0. The van der Waals surface area contributed by atoms with Crippen LogP contribution in [-0.2, 0) is 33.2 Å². The molecular formula is C19H36O7. The van der Waals surface area contributed by atoms with E-state index < -0.39 is 0 Å². The summed E-state index contributed by atoms with van der Waals surface area (Å²) >= 11 is 0. The third-order valence-electron chi connectivity index (χ3n) is 4.33. The standard InChI is InChI=1S/C19H36O7/c1-2-4-18(5-3-1)25-15-14-23-11-10-21-7-6-20-8-9-22-12-13-24-16-19-17-26-19/h18-19H,1-17H2. The summed E-state index contributed by atoms with van der Waals surface area (Å²) < 4.78 is 38.0. The Bertz CT molecular complexity index is 306. The van der Waals surface area contributed by atoms with Gasteiger partial charge in [-0.15, -0.1) is 0 Å². The first-order chi connectivity index (χ1) is 12.9. The van der Waals surface area contributed by atoms with Crippen LogP contribution in [0.5, 0.6) is 0 Å². The molecule has 1 heterocycles. The number of hydrogen-bond acceptors (Lipinski definition) is 7. The van der Waals surface area contributed by atoms with Crippen LogP contribution < -0.4 is 0 Å². The highest BCUT2D eigenvalue weighted by atomic mass is 16.6. The van der Waals surface area contributed by atoms with Crippen LogP contribution in [0, 0.1) is 0 Å². The molecule has 0 spiro atoms. The third kappa shape index (κ3) is 13.0. The van der Waals surface area contributed by atoms with Gasteiger partial charge in [0.2, 0.25) is 0 Å². The second-order valence-corrected chi connectivity index (χ2v) is 6.61. The molecule has 1 aliphatic carbocycles. The SMILES string of the molecule is C1CCC(OCCOCCOCCOCCOCCOCC2CO2)CC1. The maximum absolute atomic E-state index is 5.80. The van der Waals surface area contributed by atoms with E-state index in [-0.39, 0.29) is 0 Å². The second-order valence-electron chi connectivity index (χ2n) is 6.61. The Balaban J connectivity index is 1.18. The van der Waals surface area contributed by atoms with Gasteiger partial charge in [0.15, 0.2) is 0 Å². The molecular weight excluding hydrogens is 340 g/mol. The molecule has 26 heavy (non-hydrogen) atoms. The summed E-state index contributed by atoms with van der Waals surface area (Å²) in [5.74, 6) is 0. The van der Waals surface area contributed by atoms with Gasteiger partial charge in [-0.25, -0.2) is 0 Å². The van der Waals surface area contributed by atoms with Crippen molar-refractivity contribution in [3.8, 4) is 0 Å². The lowest BCUT2D eigenvalue weighted by Gasteiger charge is -2.21. The lowest BCUT2D eigenvalue weighted by Crippen LogP contribution is -2.19. The molecule has 0 amide bonds. The Kier molecular flexibility index (Phi) is 13.3. The van der Waals surface area contributed by atoms with E-state index in [9.17, 15) is 0 Å². The Morgan fingerprint density at radius 1 is 0.577 bits per heavy atom. The van der Waals surface area contributed by atoms with Gasteiger partial charge in [0, 0.05) is 0 Å². The Labute approximate surface area is 157 Å². The van der Waals surface area contributed by atoms with Crippen LogP contribution >= 0.6 is 0 Å². The van der Waals surface area contributed by atoms with Gasteiger partial charge in [0.05, 0.1) is 85.4 Å². The van der Waals surface area contributed by atoms with Crippen molar-refractivity contribution in [2.45, 2.75) is 44.3 Å². The van der Waals surface area contributed by atoms with Crippen molar-refractivity contribution in [2.24, 2.45) is 0 Å². The zero-order valence-corrected chi connectivity index (χ0v) is 16.0. The molecule has 1 saturated heterocycles. The average molecular weight is 376 g/mol. The molecule has 154 valence electrons. The van der Waals surface area contributed by atoms with Crippen LogP contribution in [0.2, 0.25) is 0 Å². The van der Waals surface area contributed by atoms with Gasteiger partial charge in [-0.1, -0.05) is 19.3 Å². The molecule has 1 saturated carbocycles. The molecule has 0 N–H and O–H groups in total. The van der Waals surface area contributed by atoms with Gasteiger partial charge in [-0.05, 0) is 12.8 Å². The summed E-state index contributed by atoms with van der Waals surface area (Å²) in [7, 11) is 0. The van der Waals surface area contributed by atoms with E-state index in [2.05, 4.69) is 0 Å². The molecule has 0 aromatic heterocycles. The fraction of sp³-hybridized carbons (Fsp3) is 1.00. The van der Waals surface area contributed by atoms with E-state index in [1.807, 2.05) is 0 Å². The predicted octanol–water partition coefficient (Wildman–Crippen LogP) is 1.82. The first-order valence-electron chi connectivity index (χ1n) is 10.1. The van der Waals surface area contributed by atoms with Crippen molar-refractivity contribution in [2.75, 3.05) is 79.3 Å². The molecule has 0 bridgehead atoms. The smallest absolute Gasteiger partial charge is 0.104 e. The van der Waals surface area contributed by atoms with Crippen LogP contribution in [0.1, 0.15) is 32.1 Å². The van der Waals surface area contributed by atoms with E-state index >= 15 is 0 Å². The molecule has 2 rings (SSSR count). The number of ether oxygens (including phenoxy) is 7. The van der Waals surface area contributed by atoms with Crippen LogP contribution in [0.15, 0.2) is 0 Å². The van der Waals surface area contributed by atoms with Crippen LogP contribution in [-0.4, -0.2) is 91.5 Å². The molecule has 2 aliphatic rings. The average Bonchev–Trinajstić information content (AvgIpc) is 3.49. The van der Waals surface area contributed by atoms with Crippen LogP contribution in [0.3, 0.4) is 0 Å². The highest BCUT2D eigenvalue weighted by Crippen LogP contribution is 2.19. The fourth-order valence-corrected chi connectivity index (χ4v) is 2.76. The summed E-state index contributed by atoms with van der Waals surface area (Å²) in [5, 5.41) is 0. The minimum absolute atomic E-state index is 0.318. The van der Waals surface area contributed by atoms with Crippen molar-refractivity contribution in [3.05, 3.63) is 0 Å². The van der Waals surface area contributed by atoms with Crippen LogP contribution in [0.25, 0.3) is 0 Å². The topological polar surface area (TPSA) is 67.9 Å². The fourth-order valence-electron chi connectivity index (χ4n) is 2.76. The number of hydrogen-bond donors (Lipinski definition) is 0. The predicted molar refractivity (Wildman–Crippen MR) is 96.7 cm³/mol. The van der Waals surface area contributed by atoms with Crippen molar-refractivity contribution in [1.82, 2.24) is 0 Å². The van der Waals surface area contributed by atoms with Gasteiger partial charge >= 0.3 is 0 Å². The Morgan fingerprint density at radius 3 is 1.54 bits per heavy atom. The third-order valence-corrected chi connectivity index (χ3v) is 4.33. The van der Waals surface area contributed by atoms with E-state index in [1.165, 1.54) is 32.1 Å². The normalized spacial score (nSPS) is 20.5.